The van der Waals surface area contributed by atoms with Crippen molar-refractivity contribution in [2.75, 3.05) is 25.0 Å². The van der Waals surface area contributed by atoms with Gasteiger partial charge in [-0.2, -0.15) is 0 Å². The number of hydrogen-bond donors (Lipinski definition) is 0. The summed E-state index contributed by atoms with van der Waals surface area (Å²) in [5, 5.41) is 0.529. The van der Waals surface area contributed by atoms with Crippen molar-refractivity contribution in [2.45, 2.75) is 45.6 Å². The molecular formula is C18H25ClN2O3. The van der Waals surface area contributed by atoms with E-state index in [9.17, 15) is 9.59 Å². The molecule has 6 heteroatoms. The highest BCUT2D eigenvalue weighted by Crippen LogP contribution is 2.39. The van der Waals surface area contributed by atoms with Crippen LogP contribution < -0.4 is 9.64 Å². The van der Waals surface area contributed by atoms with Gasteiger partial charge in [0.25, 0.3) is 5.91 Å². The van der Waals surface area contributed by atoms with E-state index in [0.717, 1.165) is 19.4 Å². The molecule has 0 saturated carbocycles. The minimum atomic E-state index is -0.960. The molecule has 5 nitrogen and oxygen atoms in total. The molecule has 0 radical (unpaired) electrons. The predicted molar refractivity (Wildman–Crippen MR) is 95.7 cm³/mol. The van der Waals surface area contributed by atoms with Crippen molar-refractivity contribution < 1.29 is 14.3 Å². The van der Waals surface area contributed by atoms with Gasteiger partial charge in [-0.15, -0.1) is 0 Å². The SMILES string of the molecule is CCCCN(C)C(=O)CCN1C(=O)C(C)(C)Oc2ccc(Cl)cc21. The van der Waals surface area contributed by atoms with Crippen LogP contribution >= 0.6 is 11.6 Å². The minimum Gasteiger partial charge on any atom is -0.476 e. The summed E-state index contributed by atoms with van der Waals surface area (Å²) in [6, 6.07) is 5.19. The van der Waals surface area contributed by atoms with Gasteiger partial charge in [-0.25, -0.2) is 0 Å². The molecule has 0 spiro atoms. The number of carbonyl (C=O) groups excluding carboxylic acids is 2. The van der Waals surface area contributed by atoms with E-state index < -0.39 is 5.60 Å². The molecular weight excluding hydrogens is 328 g/mol. The molecule has 0 fully saturated rings. The molecule has 132 valence electrons. The van der Waals surface area contributed by atoms with E-state index in [0.29, 0.717) is 23.0 Å². The van der Waals surface area contributed by atoms with Gasteiger partial charge in [-0.05, 0) is 38.5 Å². The first kappa shape index (κ1) is 18.6. The number of amides is 2. The highest BCUT2D eigenvalue weighted by molar-refractivity contribution is 6.31. The van der Waals surface area contributed by atoms with E-state index in [4.69, 9.17) is 16.3 Å². The summed E-state index contributed by atoms with van der Waals surface area (Å²) in [6.45, 7) is 6.60. The van der Waals surface area contributed by atoms with Crippen LogP contribution in [0.2, 0.25) is 5.02 Å². The van der Waals surface area contributed by atoms with E-state index >= 15 is 0 Å². The van der Waals surface area contributed by atoms with Crippen LogP contribution in [0.3, 0.4) is 0 Å². The largest absolute Gasteiger partial charge is 0.476 e. The maximum Gasteiger partial charge on any atom is 0.270 e. The van der Waals surface area contributed by atoms with E-state index in [1.54, 1.807) is 48.9 Å². The highest BCUT2D eigenvalue weighted by Gasteiger charge is 2.41. The molecule has 2 rings (SSSR count). The molecule has 0 bridgehead atoms. The summed E-state index contributed by atoms with van der Waals surface area (Å²) in [5.74, 6) is 0.473. The normalized spacial score (nSPS) is 15.7. The number of halogens is 1. The molecule has 0 unspecified atom stereocenters. The smallest absolute Gasteiger partial charge is 0.270 e. The molecule has 0 N–H and O–H groups in total. The van der Waals surface area contributed by atoms with Crippen molar-refractivity contribution >= 4 is 29.1 Å². The van der Waals surface area contributed by atoms with Crippen LogP contribution in [0.4, 0.5) is 5.69 Å². The van der Waals surface area contributed by atoms with Gasteiger partial charge in [0.05, 0.1) is 5.69 Å². The average molecular weight is 353 g/mol. The van der Waals surface area contributed by atoms with Crippen LogP contribution in [0, 0.1) is 0 Å². The van der Waals surface area contributed by atoms with Crippen molar-refractivity contribution in [2.24, 2.45) is 0 Å². The summed E-state index contributed by atoms with van der Waals surface area (Å²) in [4.78, 5) is 28.3. The third-order valence-electron chi connectivity index (χ3n) is 4.16. The first-order valence-corrected chi connectivity index (χ1v) is 8.68. The zero-order valence-electron chi connectivity index (χ0n) is 14.8. The second-order valence-electron chi connectivity index (χ2n) is 6.60. The van der Waals surface area contributed by atoms with Gasteiger partial charge >= 0.3 is 0 Å². The zero-order chi connectivity index (χ0) is 17.9. The Morgan fingerprint density at radius 1 is 1.38 bits per heavy atom. The number of carbonyl (C=O) groups is 2. The number of hydrogen-bond acceptors (Lipinski definition) is 3. The van der Waals surface area contributed by atoms with Crippen LogP contribution in [0.25, 0.3) is 0 Å². The summed E-state index contributed by atoms with van der Waals surface area (Å²) in [7, 11) is 1.80. The van der Waals surface area contributed by atoms with Crippen LogP contribution in [0.15, 0.2) is 18.2 Å². The van der Waals surface area contributed by atoms with E-state index in [2.05, 4.69) is 6.92 Å². The number of nitrogens with zero attached hydrogens (tertiary/aromatic N) is 2. The summed E-state index contributed by atoms with van der Waals surface area (Å²) >= 11 is 6.06. The molecule has 1 aromatic rings. The van der Waals surface area contributed by atoms with Crippen molar-refractivity contribution in [3.8, 4) is 5.75 Å². The fraction of sp³-hybridized carbons (Fsp3) is 0.556. The molecule has 1 aromatic carbocycles. The second-order valence-corrected chi connectivity index (χ2v) is 7.04. The molecule has 24 heavy (non-hydrogen) atoms. The zero-order valence-corrected chi connectivity index (χ0v) is 15.5. The first-order chi connectivity index (χ1) is 11.3. The Kier molecular flexibility index (Phi) is 5.75. The van der Waals surface area contributed by atoms with E-state index in [1.165, 1.54) is 0 Å². The van der Waals surface area contributed by atoms with Crippen molar-refractivity contribution in [1.82, 2.24) is 4.90 Å². The monoisotopic (exact) mass is 352 g/mol. The molecule has 1 heterocycles. The second kappa shape index (κ2) is 7.43. The molecule has 0 saturated heterocycles. The number of fused-ring (bicyclic) bond motifs is 1. The Balaban J connectivity index is 2.15. The van der Waals surface area contributed by atoms with Gasteiger partial charge < -0.3 is 14.5 Å². The lowest BCUT2D eigenvalue weighted by molar-refractivity contribution is -0.133. The van der Waals surface area contributed by atoms with Gasteiger partial charge in [-0.3, -0.25) is 9.59 Å². The lowest BCUT2D eigenvalue weighted by atomic mass is 10.0. The minimum absolute atomic E-state index is 0.0316. The number of benzene rings is 1. The number of ether oxygens (including phenoxy) is 1. The molecule has 2 amide bonds. The quantitative estimate of drug-likeness (QED) is 0.787. The van der Waals surface area contributed by atoms with Crippen molar-refractivity contribution in [1.29, 1.82) is 0 Å². The first-order valence-electron chi connectivity index (χ1n) is 8.30. The predicted octanol–water partition coefficient (Wildman–Crippen LogP) is 3.49. The molecule has 1 aliphatic rings. The van der Waals surface area contributed by atoms with Gasteiger partial charge in [0.15, 0.2) is 5.60 Å². The van der Waals surface area contributed by atoms with Gasteiger partial charge in [0.2, 0.25) is 5.91 Å². The Labute approximate surface area is 148 Å². The standard InChI is InChI=1S/C18H25ClN2O3/c1-5-6-10-20(4)16(22)9-11-21-14-12-13(19)7-8-15(14)24-18(2,3)17(21)23/h7-8,12H,5-6,9-11H2,1-4H3. The molecule has 0 atom stereocenters. The van der Waals surface area contributed by atoms with E-state index in [-0.39, 0.29) is 18.2 Å². The lowest BCUT2D eigenvalue weighted by Gasteiger charge is -2.39. The van der Waals surface area contributed by atoms with Crippen LogP contribution in [-0.2, 0) is 9.59 Å². The maximum atomic E-state index is 12.7. The third kappa shape index (κ3) is 4.01. The van der Waals surface area contributed by atoms with Gasteiger partial charge in [0.1, 0.15) is 5.75 Å². The Morgan fingerprint density at radius 2 is 2.08 bits per heavy atom. The van der Waals surface area contributed by atoms with Gasteiger partial charge in [0, 0.05) is 31.6 Å². The third-order valence-corrected chi connectivity index (χ3v) is 4.39. The fourth-order valence-electron chi connectivity index (χ4n) is 2.68. The lowest BCUT2D eigenvalue weighted by Crippen LogP contribution is -2.53. The Hall–Kier alpha value is -1.75. The summed E-state index contributed by atoms with van der Waals surface area (Å²) in [6.07, 6.45) is 2.29. The van der Waals surface area contributed by atoms with Crippen molar-refractivity contribution in [3.63, 3.8) is 0 Å². The molecule has 0 aromatic heterocycles. The van der Waals surface area contributed by atoms with E-state index in [1.807, 2.05) is 0 Å². The Morgan fingerprint density at radius 3 is 2.75 bits per heavy atom. The number of rotatable bonds is 6. The van der Waals surface area contributed by atoms with Crippen LogP contribution in [0.5, 0.6) is 5.75 Å². The molecule has 1 aliphatic heterocycles. The Bertz CT molecular complexity index is 631. The average Bonchev–Trinajstić information content (AvgIpc) is 2.53. The van der Waals surface area contributed by atoms with Crippen LogP contribution in [0.1, 0.15) is 40.0 Å². The van der Waals surface area contributed by atoms with Gasteiger partial charge in [-0.1, -0.05) is 24.9 Å². The number of unbranched alkanes of at least 4 members (excludes halogenated alkanes) is 1. The topological polar surface area (TPSA) is 49.9 Å². The molecule has 0 aliphatic carbocycles. The number of anilines is 1. The maximum absolute atomic E-state index is 12.7. The van der Waals surface area contributed by atoms with Crippen molar-refractivity contribution in [3.05, 3.63) is 23.2 Å². The summed E-state index contributed by atoms with van der Waals surface area (Å²) in [5.41, 5.74) is -0.339. The highest BCUT2D eigenvalue weighted by atomic mass is 35.5. The summed E-state index contributed by atoms with van der Waals surface area (Å²) < 4.78 is 5.78. The fourth-order valence-corrected chi connectivity index (χ4v) is 2.85. The van der Waals surface area contributed by atoms with Crippen LogP contribution in [-0.4, -0.2) is 42.5 Å².